The second-order valence-corrected chi connectivity index (χ2v) is 1.77. The van der Waals surface area contributed by atoms with E-state index in [2.05, 4.69) is 17.5 Å². The van der Waals surface area contributed by atoms with Crippen molar-refractivity contribution in [3.05, 3.63) is 0 Å². The summed E-state index contributed by atoms with van der Waals surface area (Å²) >= 11 is 4.58. The van der Waals surface area contributed by atoms with Crippen molar-refractivity contribution >= 4 is 23.3 Å². The van der Waals surface area contributed by atoms with Gasteiger partial charge in [0, 0.05) is 6.92 Å². The minimum Gasteiger partial charge on any atom is -0.471 e. The third kappa shape index (κ3) is 5.23. The van der Waals surface area contributed by atoms with Gasteiger partial charge < -0.3 is 4.74 Å². The summed E-state index contributed by atoms with van der Waals surface area (Å²) in [5.74, 6) is -0.201. The van der Waals surface area contributed by atoms with Gasteiger partial charge in [0.1, 0.15) is 0 Å². The van der Waals surface area contributed by atoms with Crippen molar-refractivity contribution in [2.75, 3.05) is 6.61 Å². The molecule has 0 spiro atoms. The van der Waals surface area contributed by atoms with Gasteiger partial charge in [-0.3, -0.25) is 10.1 Å². The average molecular weight is 147 g/mol. The van der Waals surface area contributed by atoms with Crippen molar-refractivity contribution in [1.29, 1.82) is 0 Å². The van der Waals surface area contributed by atoms with E-state index >= 15 is 0 Å². The monoisotopic (exact) mass is 147 g/mol. The standard InChI is InChI=1S/C5H9NO2S/c1-3-8-5(9)6-4(2)7/h3H2,1-2H3,(H,6,7,9). The molecular formula is C5H9NO2S. The summed E-state index contributed by atoms with van der Waals surface area (Å²) in [4.78, 5) is 10.3. The van der Waals surface area contributed by atoms with Gasteiger partial charge in [-0.25, -0.2) is 0 Å². The molecule has 0 aromatic carbocycles. The summed E-state index contributed by atoms with van der Waals surface area (Å²) in [6.07, 6.45) is 0. The lowest BCUT2D eigenvalue weighted by atomic mass is 10.7. The Morgan fingerprint density at radius 2 is 2.33 bits per heavy atom. The van der Waals surface area contributed by atoms with E-state index in [1.54, 1.807) is 6.92 Å². The molecule has 0 saturated heterocycles. The van der Waals surface area contributed by atoms with Gasteiger partial charge in [-0.15, -0.1) is 0 Å². The van der Waals surface area contributed by atoms with Crippen molar-refractivity contribution in [3.8, 4) is 0 Å². The molecule has 52 valence electrons. The SMILES string of the molecule is CCOC(=S)NC(C)=O. The minimum atomic E-state index is -0.201. The number of amides is 1. The fourth-order valence-electron chi connectivity index (χ4n) is 0.311. The van der Waals surface area contributed by atoms with Crippen LogP contribution in [0, 0.1) is 0 Å². The summed E-state index contributed by atoms with van der Waals surface area (Å²) < 4.78 is 4.75. The number of carbonyl (C=O) groups is 1. The van der Waals surface area contributed by atoms with E-state index in [0.717, 1.165) is 0 Å². The molecule has 4 heteroatoms. The Balaban J connectivity index is 3.39. The highest BCUT2D eigenvalue weighted by Crippen LogP contribution is 1.75. The summed E-state index contributed by atoms with van der Waals surface area (Å²) in [7, 11) is 0. The number of rotatable bonds is 1. The zero-order valence-corrected chi connectivity index (χ0v) is 6.25. The Morgan fingerprint density at radius 3 is 2.67 bits per heavy atom. The molecule has 0 bridgehead atoms. The summed E-state index contributed by atoms with van der Waals surface area (Å²) in [6, 6.07) is 0. The molecule has 1 N–H and O–H groups in total. The molecule has 3 nitrogen and oxygen atoms in total. The lowest BCUT2D eigenvalue weighted by Crippen LogP contribution is -2.28. The molecule has 9 heavy (non-hydrogen) atoms. The van der Waals surface area contributed by atoms with Crippen LogP contribution < -0.4 is 5.32 Å². The summed E-state index contributed by atoms with van der Waals surface area (Å²) in [5, 5.41) is 2.46. The Bertz CT molecular complexity index is 124. The molecule has 1 amide bonds. The van der Waals surface area contributed by atoms with E-state index in [9.17, 15) is 4.79 Å². The largest absolute Gasteiger partial charge is 0.471 e. The fraction of sp³-hybridized carbons (Fsp3) is 0.600. The van der Waals surface area contributed by atoms with Gasteiger partial charge in [0.15, 0.2) is 0 Å². The number of nitrogens with one attached hydrogen (secondary N) is 1. The molecule has 0 aromatic heterocycles. The van der Waals surface area contributed by atoms with Crippen LogP contribution in [0.1, 0.15) is 13.8 Å². The lowest BCUT2D eigenvalue weighted by Gasteiger charge is -2.02. The number of ether oxygens (including phenoxy) is 1. The van der Waals surface area contributed by atoms with Crippen molar-refractivity contribution < 1.29 is 9.53 Å². The van der Waals surface area contributed by atoms with Gasteiger partial charge in [-0.2, -0.15) is 0 Å². The molecule has 0 aliphatic heterocycles. The van der Waals surface area contributed by atoms with Crippen molar-refractivity contribution in [3.63, 3.8) is 0 Å². The molecule has 0 rings (SSSR count). The van der Waals surface area contributed by atoms with Crippen LogP contribution in [-0.2, 0) is 9.53 Å². The molecule has 0 aliphatic carbocycles. The van der Waals surface area contributed by atoms with Crippen LogP contribution in [0.15, 0.2) is 0 Å². The topological polar surface area (TPSA) is 38.3 Å². The highest BCUT2D eigenvalue weighted by molar-refractivity contribution is 7.80. The first kappa shape index (κ1) is 8.36. The van der Waals surface area contributed by atoms with Crippen LogP contribution in [0.3, 0.4) is 0 Å². The zero-order valence-electron chi connectivity index (χ0n) is 5.43. The first-order chi connectivity index (χ1) is 4.16. The van der Waals surface area contributed by atoms with Gasteiger partial charge in [0.25, 0.3) is 5.17 Å². The smallest absolute Gasteiger partial charge is 0.263 e. The molecule has 0 radical (unpaired) electrons. The molecule has 0 fully saturated rings. The van der Waals surface area contributed by atoms with Crippen LogP contribution in [0.4, 0.5) is 0 Å². The van der Waals surface area contributed by atoms with Gasteiger partial charge in [0.05, 0.1) is 6.61 Å². The van der Waals surface area contributed by atoms with Gasteiger partial charge >= 0.3 is 0 Å². The summed E-state index contributed by atoms with van der Waals surface area (Å²) in [6.45, 7) is 3.67. The predicted molar refractivity (Wildman–Crippen MR) is 38.0 cm³/mol. The molecule has 0 aliphatic rings. The Labute approximate surface area is 59.4 Å². The minimum absolute atomic E-state index is 0.144. The van der Waals surface area contributed by atoms with E-state index in [0.29, 0.717) is 6.61 Å². The third-order valence-corrected chi connectivity index (χ3v) is 0.773. The number of hydrogen-bond acceptors (Lipinski definition) is 3. The van der Waals surface area contributed by atoms with E-state index in [-0.39, 0.29) is 11.1 Å². The maximum atomic E-state index is 10.3. The summed E-state index contributed by atoms with van der Waals surface area (Å²) in [5.41, 5.74) is 0. The van der Waals surface area contributed by atoms with Crippen molar-refractivity contribution in [2.24, 2.45) is 0 Å². The van der Waals surface area contributed by atoms with Gasteiger partial charge in [0.2, 0.25) is 5.91 Å². The van der Waals surface area contributed by atoms with E-state index in [4.69, 9.17) is 4.74 Å². The zero-order chi connectivity index (χ0) is 7.28. The van der Waals surface area contributed by atoms with E-state index in [1.165, 1.54) is 6.92 Å². The van der Waals surface area contributed by atoms with Crippen molar-refractivity contribution in [1.82, 2.24) is 5.32 Å². The van der Waals surface area contributed by atoms with E-state index < -0.39 is 0 Å². The van der Waals surface area contributed by atoms with Gasteiger partial charge in [-0.05, 0) is 19.1 Å². The number of carbonyl (C=O) groups excluding carboxylic acids is 1. The van der Waals surface area contributed by atoms with Crippen LogP contribution in [0.2, 0.25) is 0 Å². The second-order valence-electron chi connectivity index (χ2n) is 1.40. The fourth-order valence-corrected chi connectivity index (χ4v) is 0.572. The lowest BCUT2D eigenvalue weighted by molar-refractivity contribution is -0.117. The molecule has 0 unspecified atom stereocenters. The maximum absolute atomic E-state index is 10.3. The average Bonchev–Trinajstić information content (AvgIpc) is 1.63. The Kier molecular flexibility index (Phi) is 3.96. The molecular weight excluding hydrogens is 138 g/mol. The molecule has 0 saturated carbocycles. The maximum Gasteiger partial charge on any atom is 0.263 e. The highest BCUT2D eigenvalue weighted by Gasteiger charge is 1.95. The van der Waals surface area contributed by atoms with Crippen LogP contribution >= 0.6 is 12.2 Å². The van der Waals surface area contributed by atoms with Crippen LogP contribution in [0.5, 0.6) is 0 Å². The molecule has 0 atom stereocenters. The first-order valence-electron chi connectivity index (χ1n) is 2.61. The quantitative estimate of drug-likeness (QED) is 0.547. The second kappa shape index (κ2) is 4.26. The van der Waals surface area contributed by atoms with E-state index in [1.807, 2.05) is 0 Å². The molecule has 0 aromatic rings. The van der Waals surface area contributed by atoms with Crippen LogP contribution in [0.25, 0.3) is 0 Å². The number of hydrogen-bond donors (Lipinski definition) is 1. The number of thiocarbonyl (C=S) groups is 1. The normalized spacial score (nSPS) is 8.22. The predicted octanol–water partition coefficient (Wildman–Crippen LogP) is 0.444. The Morgan fingerprint density at radius 1 is 1.78 bits per heavy atom. The third-order valence-electron chi connectivity index (χ3n) is 0.554. The van der Waals surface area contributed by atoms with Crippen molar-refractivity contribution in [2.45, 2.75) is 13.8 Å². The highest BCUT2D eigenvalue weighted by atomic mass is 32.1. The Hall–Kier alpha value is -0.640. The van der Waals surface area contributed by atoms with Crippen LogP contribution in [-0.4, -0.2) is 17.7 Å². The molecule has 0 heterocycles. The first-order valence-corrected chi connectivity index (χ1v) is 3.02. The van der Waals surface area contributed by atoms with Gasteiger partial charge in [-0.1, -0.05) is 0 Å².